The molecular formula is C11H19NO3. The number of carbonyl (C=O) groups excluding carboxylic acids is 1. The molecule has 1 heterocycles. The molecule has 86 valence electrons. The van der Waals surface area contributed by atoms with E-state index in [-0.39, 0.29) is 12.1 Å². The van der Waals surface area contributed by atoms with Gasteiger partial charge in [0.15, 0.2) is 0 Å². The zero-order valence-corrected chi connectivity index (χ0v) is 9.28. The second-order valence-electron chi connectivity index (χ2n) is 4.48. The molecule has 0 N–H and O–H groups in total. The molecule has 1 saturated carbocycles. The van der Waals surface area contributed by atoms with Crippen molar-refractivity contribution in [2.75, 3.05) is 33.4 Å². The Labute approximate surface area is 90.5 Å². The molecule has 0 spiro atoms. The molecule has 0 amide bonds. The minimum atomic E-state index is -0.173. The number of esters is 1. The summed E-state index contributed by atoms with van der Waals surface area (Å²) in [5.74, 6) is 0.732. The number of carbonyl (C=O) groups is 1. The molecule has 1 aliphatic carbocycles. The van der Waals surface area contributed by atoms with Crippen LogP contribution >= 0.6 is 0 Å². The number of nitrogens with zero attached hydrogens (tertiary/aromatic N) is 1. The number of methoxy groups -OCH3 is 1. The summed E-state index contributed by atoms with van der Waals surface area (Å²) in [7, 11) is 1.42. The molecule has 1 saturated heterocycles. The Hall–Kier alpha value is -0.610. The standard InChI is InChI=1S/C11H19NO3/c1-14-11(13)6-10-8-12(4-5-15-10)7-9-2-3-9/h9-10H,2-8H2,1H3/t10-/m1/s1. The lowest BCUT2D eigenvalue weighted by Crippen LogP contribution is -2.44. The summed E-state index contributed by atoms with van der Waals surface area (Å²) in [5.41, 5.74) is 0. The second-order valence-corrected chi connectivity index (χ2v) is 4.48. The van der Waals surface area contributed by atoms with Gasteiger partial charge in [0.05, 0.1) is 26.2 Å². The van der Waals surface area contributed by atoms with E-state index in [0.29, 0.717) is 6.42 Å². The van der Waals surface area contributed by atoms with Crippen molar-refractivity contribution < 1.29 is 14.3 Å². The maximum absolute atomic E-state index is 11.1. The molecule has 4 heteroatoms. The predicted molar refractivity (Wildman–Crippen MR) is 55.5 cm³/mol. The topological polar surface area (TPSA) is 38.8 Å². The monoisotopic (exact) mass is 213 g/mol. The average Bonchev–Trinajstić information content (AvgIpc) is 3.02. The molecule has 1 atom stereocenters. The fourth-order valence-corrected chi connectivity index (χ4v) is 2.00. The van der Waals surface area contributed by atoms with Gasteiger partial charge in [-0.1, -0.05) is 0 Å². The SMILES string of the molecule is COC(=O)C[C@@H]1CN(CC2CC2)CCO1. The van der Waals surface area contributed by atoms with Gasteiger partial charge in [-0.3, -0.25) is 9.69 Å². The Balaban J connectivity index is 1.73. The Kier molecular flexibility index (Phi) is 3.59. The maximum atomic E-state index is 11.1. The summed E-state index contributed by atoms with van der Waals surface area (Å²) < 4.78 is 10.2. The van der Waals surface area contributed by atoms with Crippen LogP contribution in [0.25, 0.3) is 0 Å². The third-order valence-electron chi connectivity index (χ3n) is 3.06. The van der Waals surface area contributed by atoms with Gasteiger partial charge in [0.2, 0.25) is 0 Å². The van der Waals surface area contributed by atoms with Crippen LogP contribution in [-0.4, -0.2) is 50.3 Å². The smallest absolute Gasteiger partial charge is 0.308 e. The molecule has 2 rings (SSSR count). The fraction of sp³-hybridized carbons (Fsp3) is 0.909. The van der Waals surface area contributed by atoms with Gasteiger partial charge in [0, 0.05) is 19.6 Å². The summed E-state index contributed by atoms with van der Waals surface area (Å²) in [6, 6.07) is 0. The average molecular weight is 213 g/mol. The third kappa shape index (κ3) is 3.47. The van der Waals surface area contributed by atoms with E-state index in [0.717, 1.165) is 25.6 Å². The molecule has 2 aliphatic rings. The van der Waals surface area contributed by atoms with E-state index in [1.165, 1.54) is 26.5 Å². The summed E-state index contributed by atoms with van der Waals surface area (Å²) in [5, 5.41) is 0. The van der Waals surface area contributed by atoms with Crippen LogP contribution < -0.4 is 0 Å². The molecule has 15 heavy (non-hydrogen) atoms. The first-order chi connectivity index (χ1) is 7.28. The lowest BCUT2D eigenvalue weighted by atomic mass is 10.2. The van der Waals surface area contributed by atoms with Crippen molar-refractivity contribution in [2.45, 2.75) is 25.4 Å². The van der Waals surface area contributed by atoms with Crippen LogP contribution in [0.2, 0.25) is 0 Å². The van der Waals surface area contributed by atoms with E-state index in [2.05, 4.69) is 9.64 Å². The van der Waals surface area contributed by atoms with Gasteiger partial charge in [0.1, 0.15) is 0 Å². The van der Waals surface area contributed by atoms with E-state index in [9.17, 15) is 4.79 Å². The van der Waals surface area contributed by atoms with Crippen molar-refractivity contribution in [2.24, 2.45) is 5.92 Å². The highest BCUT2D eigenvalue weighted by Gasteiger charge is 2.28. The number of ether oxygens (including phenoxy) is 2. The van der Waals surface area contributed by atoms with Gasteiger partial charge >= 0.3 is 5.97 Å². The molecule has 0 aromatic rings. The van der Waals surface area contributed by atoms with Crippen LogP contribution in [0.5, 0.6) is 0 Å². The van der Waals surface area contributed by atoms with E-state index >= 15 is 0 Å². The molecule has 1 aliphatic heterocycles. The Morgan fingerprint density at radius 3 is 3.00 bits per heavy atom. The van der Waals surface area contributed by atoms with Crippen LogP contribution in [-0.2, 0) is 14.3 Å². The van der Waals surface area contributed by atoms with E-state index in [4.69, 9.17) is 4.74 Å². The second kappa shape index (κ2) is 4.94. The van der Waals surface area contributed by atoms with Gasteiger partial charge in [0.25, 0.3) is 0 Å². The van der Waals surface area contributed by atoms with E-state index in [1.807, 2.05) is 0 Å². The Morgan fingerprint density at radius 1 is 1.53 bits per heavy atom. The molecule has 0 radical (unpaired) electrons. The van der Waals surface area contributed by atoms with Crippen LogP contribution in [0.4, 0.5) is 0 Å². The van der Waals surface area contributed by atoms with Crippen molar-refractivity contribution in [3.8, 4) is 0 Å². The van der Waals surface area contributed by atoms with E-state index < -0.39 is 0 Å². The van der Waals surface area contributed by atoms with Gasteiger partial charge in [-0.15, -0.1) is 0 Å². The van der Waals surface area contributed by atoms with Crippen molar-refractivity contribution in [1.29, 1.82) is 0 Å². The zero-order valence-electron chi connectivity index (χ0n) is 9.28. The van der Waals surface area contributed by atoms with E-state index in [1.54, 1.807) is 0 Å². The summed E-state index contributed by atoms with van der Waals surface area (Å²) in [4.78, 5) is 13.5. The van der Waals surface area contributed by atoms with Gasteiger partial charge in [-0.2, -0.15) is 0 Å². The van der Waals surface area contributed by atoms with Crippen LogP contribution in [0.1, 0.15) is 19.3 Å². The van der Waals surface area contributed by atoms with Crippen LogP contribution in [0.3, 0.4) is 0 Å². The van der Waals surface area contributed by atoms with Crippen molar-refractivity contribution in [3.63, 3.8) is 0 Å². The normalized spacial score (nSPS) is 27.7. The zero-order chi connectivity index (χ0) is 10.7. The number of hydrogen-bond donors (Lipinski definition) is 0. The molecule has 4 nitrogen and oxygen atoms in total. The van der Waals surface area contributed by atoms with Crippen molar-refractivity contribution in [1.82, 2.24) is 4.90 Å². The maximum Gasteiger partial charge on any atom is 0.308 e. The molecule has 0 aromatic carbocycles. The molecule has 0 aromatic heterocycles. The van der Waals surface area contributed by atoms with Crippen LogP contribution in [0.15, 0.2) is 0 Å². The Morgan fingerprint density at radius 2 is 2.33 bits per heavy atom. The summed E-state index contributed by atoms with van der Waals surface area (Å²) >= 11 is 0. The highest BCUT2D eigenvalue weighted by molar-refractivity contribution is 5.69. The first-order valence-electron chi connectivity index (χ1n) is 5.68. The minimum absolute atomic E-state index is 0.0324. The quantitative estimate of drug-likeness (QED) is 0.643. The lowest BCUT2D eigenvalue weighted by Gasteiger charge is -2.32. The number of morpholine rings is 1. The number of rotatable bonds is 4. The first-order valence-corrected chi connectivity index (χ1v) is 5.68. The van der Waals surface area contributed by atoms with Crippen molar-refractivity contribution >= 4 is 5.97 Å². The van der Waals surface area contributed by atoms with Gasteiger partial charge in [-0.05, 0) is 18.8 Å². The first kappa shape index (κ1) is 10.9. The van der Waals surface area contributed by atoms with Gasteiger partial charge < -0.3 is 9.47 Å². The predicted octanol–water partition coefficient (Wildman–Crippen LogP) is 0.660. The highest BCUT2D eigenvalue weighted by atomic mass is 16.5. The molecular weight excluding hydrogens is 194 g/mol. The van der Waals surface area contributed by atoms with Crippen molar-refractivity contribution in [3.05, 3.63) is 0 Å². The third-order valence-corrected chi connectivity index (χ3v) is 3.06. The summed E-state index contributed by atoms with van der Waals surface area (Å²) in [6.45, 7) is 3.81. The largest absolute Gasteiger partial charge is 0.469 e. The number of hydrogen-bond acceptors (Lipinski definition) is 4. The van der Waals surface area contributed by atoms with Crippen LogP contribution in [0, 0.1) is 5.92 Å². The van der Waals surface area contributed by atoms with Gasteiger partial charge in [-0.25, -0.2) is 0 Å². The minimum Gasteiger partial charge on any atom is -0.469 e. The fourth-order valence-electron chi connectivity index (χ4n) is 2.00. The highest BCUT2D eigenvalue weighted by Crippen LogP contribution is 2.30. The summed E-state index contributed by atoms with van der Waals surface area (Å²) in [6.07, 6.45) is 3.17. The Bertz CT molecular complexity index is 228. The molecule has 0 unspecified atom stereocenters. The molecule has 0 bridgehead atoms. The molecule has 2 fully saturated rings. The lowest BCUT2D eigenvalue weighted by molar-refractivity contribution is -0.145.